The van der Waals surface area contributed by atoms with Gasteiger partial charge in [0.2, 0.25) is 0 Å². The molecule has 0 aliphatic rings. The van der Waals surface area contributed by atoms with E-state index in [0.29, 0.717) is 28.0 Å². The normalized spacial score (nSPS) is 11.5. The third-order valence-corrected chi connectivity index (χ3v) is 3.69. The molecule has 0 N–H and O–H groups in total. The van der Waals surface area contributed by atoms with Crippen molar-refractivity contribution in [3.63, 3.8) is 0 Å². The highest BCUT2D eigenvalue weighted by atomic mass is 19.4. The van der Waals surface area contributed by atoms with Gasteiger partial charge >= 0.3 is 6.18 Å². The van der Waals surface area contributed by atoms with E-state index in [-0.39, 0.29) is 5.52 Å². The molecule has 1 aromatic heterocycles. The second-order valence-electron chi connectivity index (χ2n) is 5.17. The third-order valence-electron chi connectivity index (χ3n) is 3.69. The molecule has 0 fully saturated rings. The number of methoxy groups -OCH3 is 2. The van der Waals surface area contributed by atoms with Gasteiger partial charge in [0.15, 0.2) is 0 Å². The molecule has 24 heavy (non-hydrogen) atoms. The van der Waals surface area contributed by atoms with E-state index in [1.807, 2.05) is 0 Å². The van der Waals surface area contributed by atoms with Crippen molar-refractivity contribution < 1.29 is 22.6 Å². The Kier molecular flexibility index (Phi) is 4.05. The van der Waals surface area contributed by atoms with Gasteiger partial charge in [-0.3, -0.25) is 0 Å². The van der Waals surface area contributed by atoms with Crippen LogP contribution in [0.2, 0.25) is 0 Å². The number of aromatic nitrogens is 1. The summed E-state index contributed by atoms with van der Waals surface area (Å²) in [5.74, 6) is 1.11. The van der Waals surface area contributed by atoms with Crippen molar-refractivity contribution in [3.05, 3.63) is 54.2 Å². The number of ether oxygens (including phenoxy) is 2. The first kappa shape index (κ1) is 16.1. The molecule has 1 heterocycles. The number of alkyl halides is 3. The summed E-state index contributed by atoms with van der Waals surface area (Å²) < 4.78 is 49.9. The Bertz CT molecular complexity index is 891. The van der Waals surface area contributed by atoms with Crippen LogP contribution in [0.3, 0.4) is 0 Å². The minimum atomic E-state index is -4.53. The zero-order chi connectivity index (χ0) is 17.3. The number of fused-ring (bicyclic) bond motifs is 1. The van der Waals surface area contributed by atoms with Crippen molar-refractivity contribution in [3.8, 4) is 22.6 Å². The molecule has 124 valence electrons. The molecule has 6 heteroatoms. The van der Waals surface area contributed by atoms with Crippen molar-refractivity contribution in [1.82, 2.24) is 4.98 Å². The van der Waals surface area contributed by atoms with Gasteiger partial charge in [-0.25, -0.2) is 4.98 Å². The number of pyridine rings is 1. The highest BCUT2D eigenvalue weighted by molar-refractivity contribution is 5.95. The lowest BCUT2D eigenvalue weighted by Crippen LogP contribution is -2.08. The molecule has 0 bridgehead atoms. The van der Waals surface area contributed by atoms with Gasteiger partial charge in [-0.05, 0) is 47.5 Å². The van der Waals surface area contributed by atoms with Crippen LogP contribution in [0.5, 0.6) is 11.5 Å². The van der Waals surface area contributed by atoms with Crippen LogP contribution >= 0.6 is 0 Å². The summed E-state index contributed by atoms with van der Waals surface area (Å²) in [6.07, 6.45) is -4.53. The highest BCUT2D eigenvalue weighted by Gasteiger charge is 2.33. The van der Waals surface area contributed by atoms with Crippen molar-refractivity contribution in [2.45, 2.75) is 6.18 Å². The predicted molar refractivity (Wildman–Crippen MR) is 85.3 cm³/mol. The molecule has 0 radical (unpaired) electrons. The molecule has 0 spiro atoms. The van der Waals surface area contributed by atoms with E-state index in [0.717, 1.165) is 6.07 Å². The van der Waals surface area contributed by atoms with Crippen LogP contribution < -0.4 is 9.47 Å². The molecule has 3 rings (SSSR count). The summed E-state index contributed by atoms with van der Waals surface area (Å²) in [7, 11) is 3.01. The Morgan fingerprint density at radius 2 is 1.58 bits per heavy atom. The van der Waals surface area contributed by atoms with Crippen LogP contribution in [0, 0.1) is 0 Å². The largest absolute Gasteiger partial charge is 0.497 e. The van der Waals surface area contributed by atoms with Gasteiger partial charge in [0.25, 0.3) is 0 Å². The summed E-state index contributed by atoms with van der Waals surface area (Å²) in [6.45, 7) is 0. The average molecular weight is 333 g/mol. The van der Waals surface area contributed by atoms with Crippen LogP contribution in [0.25, 0.3) is 22.0 Å². The number of hydrogen-bond donors (Lipinski definition) is 0. The van der Waals surface area contributed by atoms with E-state index in [1.165, 1.54) is 20.3 Å². The number of halogens is 3. The molecule has 3 aromatic rings. The second-order valence-corrected chi connectivity index (χ2v) is 5.17. The van der Waals surface area contributed by atoms with E-state index in [2.05, 4.69) is 4.98 Å². The molecule has 0 unspecified atom stereocenters. The molecular formula is C18H14F3NO2. The number of benzene rings is 2. The van der Waals surface area contributed by atoms with Crippen LogP contribution in [0.15, 0.2) is 48.5 Å². The lowest BCUT2D eigenvalue weighted by Gasteiger charge is -2.13. The minimum absolute atomic E-state index is 0.253. The Hall–Kier alpha value is -2.76. The summed E-state index contributed by atoms with van der Waals surface area (Å²) in [6, 6.07) is 12.7. The van der Waals surface area contributed by atoms with Crippen molar-refractivity contribution in [1.29, 1.82) is 0 Å². The first-order chi connectivity index (χ1) is 11.4. The fourth-order valence-electron chi connectivity index (χ4n) is 2.51. The molecule has 0 saturated carbocycles. The van der Waals surface area contributed by atoms with E-state index >= 15 is 0 Å². The maximum atomic E-state index is 13.2. The van der Waals surface area contributed by atoms with Gasteiger partial charge in [0, 0.05) is 5.39 Å². The maximum Gasteiger partial charge on any atom is 0.433 e. The number of rotatable bonds is 3. The first-order valence-corrected chi connectivity index (χ1v) is 7.13. The van der Waals surface area contributed by atoms with E-state index in [9.17, 15) is 13.2 Å². The summed E-state index contributed by atoms with van der Waals surface area (Å²) >= 11 is 0. The van der Waals surface area contributed by atoms with Crippen LogP contribution in [-0.4, -0.2) is 19.2 Å². The lowest BCUT2D eigenvalue weighted by molar-refractivity contribution is -0.140. The zero-order valence-electron chi connectivity index (χ0n) is 13.0. The van der Waals surface area contributed by atoms with Gasteiger partial charge in [-0.1, -0.05) is 12.1 Å². The van der Waals surface area contributed by atoms with Gasteiger partial charge in [0.1, 0.15) is 17.2 Å². The van der Waals surface area contributed by atoms with Gasteiger partial charge < -0.3 is 9.47 Å². The van der Waals surface area contributed by atoms with E-state index < -0.39 is 11.9 Å². The Labute approximate surface area is 136 Å². The van der Waals surface area contributed by atoms with Gasteiger partial charge in [0.05, 0.1) is 19.7 Å². The molecule has 0 aliphatic carbocycles. The molecule has 0 saturated heterocycles. The Morgan fingerprint density at radius 1 is 0.875 bits per heavy atom. The molecule has 2 aromatic carbocycles. The SMILES string of the molecule is COc1cccc(-c2cc(C(F)(F)F)nc3ccc(OC)cc23)c1. The Balaban J connectivity index is 2.33. The summed E-state index contributed by atoms with van der Waals surface area (Å²) in [4.78, 5) is 3.74. The number of nitrogens with zero attached hydrogens (tertiary/aromatic N) is 1. The second kappa shape index (κ2) is 6.03. The van der Waals surface area contributed by atoms with E-state index in [1.54, 1.807) is 36.4 Å². The van der Waals surface area contributed by atoms with Crippen LogP contribution in [-0.2, 0) is 6.18 Å². The first-order valence-electron chi connectivity index (χ1n) is 7.13. The standard InChI is InChI=1S/C18H14F3NO2/c1-23-12-5-3-4-11(8-12)14-10-17(18(19,20)21)22-16-7-6-13(24-2)9-15(14)16/h3-10H,1-2H3. The topological polar surface area (TPSA) is 31.4 Å². The zero-order valence-corrected chi connectivity index (χ0v) is 13.0. The monoisotopic (exact) mass is 333 g/mol. The van der Waals surface area contributed by atoms with Crippen LogP contribution in [0.4, 0.5) is 13.2 Å². The molecule has 0 amide bonds. The molecule has 3 nitrogen and oxygen atoms in total. The van der Waals surface area contributed by atoms with E-state index in [4.69, 9.17) is 9.47 Å². The number of hydrogen-bond acceptors (Lipinski definition) is 3. The van der Waals surface area contributed by atoms with Crippen LogP contribution in [0.1, 0.15) is 5.69 Å². The maximum absolute atomic E-state index is 13.2. The highest BCUT2D eigenvalue weighted by Crippen LogP contribution is 2.37. The predicted octanol–water partition coefficient (Wildman–Crippen LogP) is 4.94. The average Bonchev–Trinajstić information content (AvgIpc) is 2.59. The Morgan fingerprint density at radius 3 is 2.25 bits per heavy atom. The fraction of sp³-hybridized carbons (Fsp3) is 0.167. The fourth-order valence-corrected chi connectivity index (χ4v) is 2.51. The van der Waals surface area contributed by atoms with Gasteiger partial charge in [-0.2, -0.15) is 13.2 Å². The summed E-state index contributed by atoms with van der Waals surface area (Å²) in [5, 5.41) is 0.579. The summed E-state index contributed by atoms with van der Waals surface area (Å²) in [5.41, 5.74) is 0.354. The molecule has 0 atom stereocenters. The smallest absolute Gasteiger partial charge is 0.433 e. The van der Waals surface area contributed by atoms with Crippen molar-refractivity contribution in [2.24, 2.45) is 0 Å². The quantitative estimate of drug-likeness (QED) is 0.680. The molecular weight excluding hydrogens is 319 g/mol. The third kappa shape index (κ3) is 2.99. The van der Waals surface area contributed by atoms with Crippen molar-refractivity contribution >= 4 is 10.9 Å². The molecule has 0 aliphatic heterocycles. The van der Waals surface area contributed by atoms with Gasteiger partial charge in [-0.15, -0.1) is 0 Å². The van der Waals surface area contributed by atoms with Crippen molar-refractivity contribution in [2.75, 3.05) is 14.2 Å². The minimum Gasteiger partial charge on any atom is -0.497 e. The lowest BCUT2D eigenvalue weighted by atomic mass is 9.99.